The van der Waals surface area contributed by atoms with Gasteiger partial charge in [-0.25, -0.2) is 4.98 Å². The van der Waals surface area contributed by atoms with Crippen molar-refractivity contribution in [2.24, 2.45) is 5.92 Å². The molecule has 0 saturated carbocycles. The van der Waals surface area contributed by atoms with Crippen LogP contribution in [0.3, 0.4) is 0 Å². The number of nitrogens with one attached hydrogen (secondary N) is 1. The summed E-state index contributed by atoms with van der Waals surface area (Å²) in [5.41, 5.74) is 2.60. The fourth-order valence-corrected chi connectivity index (χ4v) is 3.19. The van der Waals surface area contributed by atoms with Gasteiger partial charge in [0.15, 0.2) is 11.7 Å². The van der Waals surface area contributed by atoms with Crippen LogP contribution in [0.15, 0.2) is 54.7 Å². The summed E-state index contributed by atoms with van der Waals surface area (Å²) < 4.78 is 7.16. The molecule has 2 heterocycles. The summed E-state index contributed by atoms with van der Waals surface area (Å²) in [4.78, 5) is 29.5. The highest BCUT2D eigenvalue weighted by Gasteiger charge is 2.30. The number of hydrogen-bond acceptors (Lipinski definition) is 5. The molecule has 7 nitrogen and oxygen atoms in total. The second kappa shape index (κ2) is 8.40. The summed E-state index contributed by atoms with van der Waals surface area (Å²) in [7, 11) is 1.58. The first-order valence-corrected chi connectivity index (χ1v) is 8.95. The summed E-state index contributed by atoms with van der Waals surface area (Å²) >= 11 is 0. The highest BCUT2D eigenvalue weighted by Crippen LogP contribution is 2.25. The third-order valence-corrected chi connectivity index (χ3v) is 4.58. The van der Waals surface area contributed by atoms with Gasteiger partial charge in [-0.15, -0.1) is 0 Å². The van der Waals surface area contributed by atoms with Crippen molar-refractivity contribution in [3.8, 4) is 17.5 Å². The molecule has 3 rings (SSSR count). The van der Waals surface area contributed by atoms with Crippen LogP contribution in [-0.2, 0) is 4.79 Å². The van der Waals surface area contributed by atoms with Crippen molar-refractivity contribution in [3.63, 3.8) is 0 Å². The zero-order chi connectivity index (χ0) is 21.0. The average molecular weight is 388 g/mol. The maximum atomic E-state index is 13.0. The Balaban J connectivity index is 1.92. The van der Waals surface area contributed by atoms with E-state index in [0.29, 0.717) is 17.0 Å². The van der Waals surface area contributed by atoms with Crippen molar-refractivity contribution in [2.45, 2.75) is 13.8 Å². The van der Waals surface area contributed by atoms with Crippen LogP contribution in [0.2, 0.25) is 0 Å². The normalized spacial score (nSPS) is 11.4. The summed E-state index contributed by atoms with van der Waals surface area (Å²) in [6, 6.07) is 15.9. The lowest BCUT2D eigenvalue weighted by atomic mass is 9.98. The van der Waals surface area contributed by atoms with E-state index in [4.69, 9.17) is 4.74 Å². The van der Waals surface area contributed by atoms with E-state index in [1.807, 2.05) is 41.8 Å². The first-order chi connectivity index (χ1) is 14.0. The molecule has 29 heavy (non-hydrogen) atoms. The molecule has 2 aromatic heterocycles. The zero-order valence-electron chi connectivity index (χ0n) is 16.3. The highest BCUT2D eigenvalue weighted by atomic mass is 16.5. The number of anilines is 1. The minimum absolute atomic E-state index is 0.285. The van der Waals surface area contributed by atoms with Gasteiger partial charge in [0.2, 0.25) is 0 Å². The fourth-order valence-electron chi connectivity index (χ4n) is 3.19. The second-order valence-electron chi connectivity index (χ2n) is 6.45. The van der Waals surface area contributed by atoms with Crippen molar-refractivity contribution in [1.29, 1.82) is 5.26 Å². The van der Waals surface area contributed by atoms with Crippen LogP contribution in [-0.4, -0.2) is 28.4 Å². The van der Waals surface area contributed by atoms with E-state index < -0.39 is 17.6 Å². The number of amides is 1. The van der Waals surface area contributed by atoms with Gasteiger partial charge in [-0.1, -0.05) is 12.1 Å². The van der Waals surface area contributed by atoms with Crippen molar-refractivity contribution in [3.05, 3.63) is 71.7 Å². The van der Waals surface area contributed by atoms with Gasteiger partial charge in [-0.05, 0) is 44.2 Å². The van der Waals surface area contributed by atoms with Crippen molar-refractivity contribution >= 4 is 17.5 Å². The number of methoxy groups -OCH3 is 1. The Hall–Kier alpha value is -3.92. The van der Waals surface area contributed by atoms with Crippen LogP contribution < -0.4 is 10.1 Å². The molecule has 3 aromatic rings. The number of carbonyl (C=O) groups excluding carboxylic acids is 2. The van der Waals surface area contributed by atoms with Crippen molar-refractivity contribution in [2.75, 3.05) is 12.4 Å². The van der Waals surface area contributed by atoms with E-state index in [2.05, 4.69) is 10.3 Å². The van der Waals surface area contributed by atoms with Crippen molar-refractivity contribution in [1.82, 2.24) is 9.55 Å². The molecule has 1 aromatic carbocycles. The van der Waals surface area contributed by atoms with E-state index in [9.17, 15) is 14.9 Å². The van der Waals surface area contributed by atoms with E-state index in [1.165, 1.54) is 6.20 Å². The molecule has 0 spiro atoms. The predicted octanol–water partition coefficient (Wildman–Crippen LogP) is 3.46. The van der Waals surface area contributed by atoms with E-state index >= 15 is 0 Å². The quantitative estimate of drug-likeness (QED) is 0.515. The first-order valence-electron chi connectivity index (χ1n) is 8.95. The number of ketones is 1. The Bertz CT molecular complexity index is 1100. The monoisotopic (exact) mass is 388 g/mol. The Morgan fingerprint density at radius 3 is 2.62 bits per heavy atom. The average Bonchev–Trinajstić information content (AvgIpc) is 3.03. The van der Waals surface area contributed by atoms with Gasteiger partial charge in [-0.3, -0.25) is 9.59 Å². The van der Waals surface area contributed by atoms with Gasteiger partial charge >= 0.3 is 0 Å². The van der Waals surface area contributed by atoms with Gasteiger partial charge in [0.25, 0.3) is 5.91 Å². The summed E-state index contributed by atoms with van der Waals surface area (Å²) in [5.74, 6) is -1.76. The van der Waals surface area contributed by atoms with Gasteiger partial charge in [0.1, 0.15) is 11.6 Å². The summed E-state index contributed by atoms with van der Waals surface area (Å²) in [6.45, 7) is 3.64. The SMILES string of the molecule is COc1cccc(-n2c(C)cc(C(=O)C(C#N)C(=O)Nc3ccccn3)c2C)c1. The van der Waals surface area contributed by atoms with Crippen LogP contribution in [0.1, 0.15) is 21.7 Å². The maximum Gasteiger partial charge on any atom is 0.250 e. The molecule has 0 bridgehead atoms. The lowest BCUT2D eigenvalue weighted by Gasteiger charge is -2.12. The number of carbonyl (C=O) groups is 2. The number of hydrogen-bond donors (Lipinski definition) is 1. The first kappa shape index (κ1) is 19.8. The molecule has 1 unspecified atom stereocenters. The largest absolute Gasteiger partial charge is 0.497 e. The number of benzene rings is 1. The topological polar surface area (TPSA) is 97.0 Å². The summed E-state index contributed by atoms with van der Waals surface area (Å²) in [6.07, 6.45) is 1.51. The highest BCUT2D eigenvalue weighted by molar-refractivity contribution is 6.16. The molecule has 0 aliphatic carbocycles. The molecular weight excluding hydrogens is 368 g/mol. The predicted molar refractivity (Wildman–Crippen MR) is 108 cm³/mol. The molecule has 7 heteroatoms. The number of nitrogens with zero attached hydrogens (tertiary/aromatic N) is 3. The number of aromatic nitrogens is 2. The Morgan fingerprint density at radius 1 is 1.17 bits per heavy atom. The van der Waals surface area contributed by atoms with E-state index in [-0.39, 0.29) is 5.82 Å². The lowest BCUT2D eigenvalue weighted by Crippen LogP contribution is -2.29. The minimum Gasteiger partial charge on any atom is -0.497 e. The minimum atomic E-state index is -1.48. The summed E-state index contributed by atoms with van der Waals surface area (Å²) in [5, 5.41) is 12.0. The van der Waals surface area contributed by atoms with Crippen LogP contribution in [0.25, 0.3) is 5.69 Å². The van der Waals surface area contributed by atoms with Gasteiger partial charge < -0.3 is 14.6 Å². The molecule has 146 valence electrons. The molecule has 1 atom stereocenters. The van der Waals surface area contributed by atoms with Gasteiger partial charge in [0.05, 0.1) is 13.2 Å². The van der Waals surface area contributed by atoms with Crippen LogP contribution in [0, 0.1) is 31.1 Å². The van der Waals surface area contributed by atoms with Crippen molar-refractivity contribution < 1.29 is 14.3 Å². The molecule has 1 N–H and O–H groups in total. The third kappa shape index (κ3) is 4.01. The number of aryl methyl sites for hydroxylation is 1. The Labute approximate surface area is 168 Å². The number of rotatable bonds is 6. The fraction of sp³-hybridized carbons (Fsp3) is 0.182. The van der Waals surface area contributed by atoms with E-state index in [1.54, 1.807) is 38.3 Å². The molecular formula is C22H20N4O3. The van der Waals surface area contributed by atoms with Gasteiger partial charge in [-0.2, -0.15) is 5.26 Å². The number of ether oxygens (including phenoxy) is 1. The third-order valence-electron chi connectivity index (χ3n) is 4.58. The van der Waals surface area contributed by atoms with Gasteiger partial charge in [0, 0.05) is 34.9 Å². The smallest absolute Gasteiger partial charge is 0.250 e. The van der Waals surface area contributed by atoms with E-state index in [0.717, 1.165) is 11.4 Å². The Morgan fingerprint density at radius 2 is 1.97 bits per heavy atom. The van der Waals surface area contributed by atoms with Crippen LogP contribution in [0.4, 0.5) is 5.82 Å². The second-order valence-corrected chi connectivity index (χ2v) is 6.45. The number of nitriles is 1. The molecule has 0 radical (unpaired) electrons. The Kier molecular flexibility index (Phi) is 5.74. The number of pyridine rings is 1. The zero-order valence-corrected chi connectivity index (χ0v) is 16.3. The lowest BCUT2D eigenvalue weighted by molar-refractivity contribution is -0.117. The standard InChI is InChI=1S/C22H20N4O3/c1-14-11-18(15(2)26(14)16-7-6-8-17(12-16)29-3)21(27)19(13-23)22(28)25-20-9-4-5-10-24-20/h4-12,19H,1-3H3,(H,24,25,28). The maximum absolute atomic E-state index is 13.0. The van der Waals surface area contributed by atoms with Crippen LogP contribution in [0.5, 0.6) is 5.75 Å². The molecule has 0 aliphatic rings. The number of Topliss-reactive ketones (excluding diaryl/α,β-unsaturated/α-hetero) is 1. The van der Waals surface area contributed by atoms with Crippen LogP contribution >= 0.6 is 0 Å². The molecule has 0 saturated heterocycles. The molecule has 0 fully saturated rings. The molecule has 1 amide bonds. The molecule has 0 aliphatic heterocycles.